The molecule has 1 fully saturated rings. The number of hydrogen-bond donors (Lipinski definition) is 2. The SMILES string of the molecule is COc1cc(C)c2c(c1)C(c1ccc(O)cc1)(C1CCCC1)C(=O)N2. The van der Waals surface area contributed by atoms with Crippen LogP contribution >= 0.6 is 0 Å². The average Bonchev–Trinajstić information content (AvgIpc) is 3.22. The smallest absolute Gasteiger partial charge is 0.239 e. The topological polar surface area (TPSA) is 58.6 Å². The number of benzene rings is 2. The van der Waals surface area contributed by atoms with Crippen molar-refractivity contribution in [3.63, 3.8) is 0 Å². The Morgan fingerprint density at radius 3 is 2.48 bits per heavy atom. The molecule has 2 aliphatic rings. The maximum absolute atomic E-state index is 13.4. The standard InChI is InChI=1S/C21H23NO3/c1-13-11-17(25-2)12-18-19(13)22-20(24)21(18,14-5-3-4-6-14)15-7-9-16(23)10-8-15/h7-12,14,23H,3-6H2,1-2H3,(H,22,24). The highest BCUT2D eigenvalue weighted by Gasteiger charge is 2.54. The number of fused-ring (bicyclic) bond motifs is 1. The molecule has 0 aromatic heterocycles. The number of aromatic hydroxyl groups is 1. The van der Waals surface area contributed by atoms with Crippen LogP contribution in [0.25, 0.3) is 0 Å². The second-order valence-corrected chi connectivity index (χ2v) is 7.16. The number of methoxy groups -OCH3 is 1. The lowest BCUT2D eigenvalue weighted by Crippen LogP contribution is -2.42. The molecule has 0 saturated heterocycles. The molecule has 1 amide bonds. The molecule has 4 heteroatoms. The second kappa shape index (κ2) is 5.80. The van der Waals surface area contributed by atoms with Crippen LogP contribution < -0.4 is 10.1 Å². The van der Waals surface area contributed by atoms with Crippen LogP contribution in [0.4, 0.5) is 5.69 Å². The molecule has 1 aliphatic heterocycles. The average molecular weight is 337 g/mol. The Morgan fingerprint density at radius 1 is 1.16 bits per heavy atom. The molecule has 130 valence electrons. The van der Waals surface area contributed by atoms with Crippen molar-refractivity contribution >= 4 is 11.6 Å². The molecule has 4 nitrogen and oxygen atoms in total. The molecule has 2 aromatic carbocycles. The Balaban J connectivity index is 2.00. The van der Waals surface area contributed by atoms with Crippen molar-refractivity contribution in [2.75, 3.05) is 12.4 Å². The number of aryl methyl sites for hydroxylation is 1. The number of phenolic OH excluding ortho intramolecular Hbond substituents is 1. The Hall–Kier alpha value is -2.49. The highest BCUT2D eigenvalue weighted by Crippen LogP contribution is 2.54. The first kappa shape index (κ1) is 16.0. The fourth-order valence-corrected chi connectivity index (χ4v) is 4.69. The van der Waals surface area contributed by atoms with Crippen molar-refractivity contribution in [2.45, 2.75) is 38.0 Å². The van der Waals surface area contributed by atoms with E-state index < -0.39 is 5.41 Å². The summed E-state index contributed by atoms with van der Waals surface area (Å²) in [5, 5.41) is 12.9. The lowest BCUT2D eigenvalue weighted by Gasteiger charge is -2.34. The normalized spacial score (nSPS) is 22.7. The zero-order valence-corrected chi connectivity index (χ0v) is 14.6. The summed E-state index contributed by atoms with van der Waals surface area (Å²) in [4.78, 5) is 13.4. The summed E-state index contributed by atoms with van der Waals surface area (Å²) < 4.78 is 5.49. The number of rotatable bonds is 3. The van der Waals surface area contributed by atoms with Gasteiger partial charge in [0, 0.05) is 5.69 Å². The molecule has 1 unspecified atom stereocenters. The monoisotopic (exact) mass is 337 g/mol. The minimum atomic E-state index is -0.709. The number of phenols is 1. The zero-order valence-electron chi connectivity index (χ0n) is 14.6. The highest BCUT2D eigenvalue weighted by atomic mass is 16.5. The third-order valence-corrected chi connectivity index (χ3v) is 5.86. The summed E-state index contributed by atoms with van der Waals surface area (Å²) in [5.74, 6) is 1.28. The summed E-state index contributed by atoms with van der Waals surface area (Å²) in [6.45, 7) is 2.00. The minimum absolute atomic E-state index is 0.0384. The predicted molar refractivity (Wildman–Crippen MR) is 97.2 cm³/mol. The van der Waals surface area contributed by atoms with Crippen molar-refractivity contribution in [2.24, 2.45) is 5.92 Å². The number of carbonyl (C=O) groups is 1. The molecule has 2 N–H and O–H groups in total. The van der Waals surface area contributed by atoms with E-state index in [1.54, 1.807) is 19.2 Å². The molecule has 25 heavy (non-hydrogen) atoms. The van der Waals surface area contributed by atoms with Gasteiger partial charge < -0.3 is 15.2 Å². The zero-order chi connectivity index (χ0) is 17.6. The van der Waals surface area contributed by atoms with Crippen LogP contribution in [-0.4, -0.2) is 18.1 Å². The lowest BCUT2D eigenvalue weighted by molar-refractivity contribution is -0.121. The summed E-state index contributed by atoms with van der Waals surface area (Å²) >= 11 is 0. The van der Waals surface area contributed by atoms with Gasteiger partial charge in [0.25, 0.3) is 0 Å². The number of ether oxygens (including phenoxy) is 1. The Morgan fingerprint density at radius 2 is 1.84 bits per heavy atom. The van der Waals surface area contributed by atoms with E-state index >= 15 is 0 Å². The first-order valence-corrected chi connectivity index (χ1v) is 8.87. The van der Waals surface area contributed by atoms with E-state index in [0.29, 0.717) is 0 Å². The lowest BCUT2D eigenvalue weighted by atomic mass is 9.65. The van der Waals surface area contributed by atoms with Crippen LogP contribution in [0, 0.1) is 12.8 Å². The van der Waals surface area contributed by atoms with Crippen LogP contribution in [0.3, 0.4) is 0 Å². The number of carbonyl (C=O) groups excluding carboxylic acids is 1. The van der Waals surface area contributed by atoms with E-state index in [-0.39, 0.29) is 17.6 Å². The van der Waals surface area contributed by atoms with Gasteiger partial charge >= 0.3 is 0 Å². The molecule has 1 atom stereocenters. The Bertz CT molecular complexity index is 822. The van der Waals surface area contributed by atoms with Gasteiger partial charge in [-0.3, -0.25) is 4.79 Å². The maximum atomic E-state index is 13.4. The predicted octanol–water partition coefficient (Wildman–Crippen LogP) is 4.14. The van der Waals surface area contributed by atoms with Gasteiger partial charge in [0.05, 0.1) is 7.11 Å². The first-order valence-electron chi connectivity index (χ1n) is 8.87. The van der Waals surface area contributed by atoms with Crippen LogP contribution in [0.15, 0.2) is 36.4 Å². The van der Waals surface area contributed by atoms with E-state index in [2.05, 4.69) is 5.32 Å². The summed E-state index contributed by atoms with van der Waals surface area (Å²) in [5.41, 5.74) is 3.17. The quantitative estimate of drug-likeness (QED) is 0.885. The van der Waals surface area contributed by atoms with Crippen molar-refractivity contribution in [1.29, 1.82) is 0 Å². The van der Waals surface area contributed by atoms with Gasteiger partial charge in [-0.25, -0.2) is 0 Å². The van der Waals surface area contributed by atoms with Crippen molar-refractivity contribution < 1.29 is 14.6 Å². The van der Waals surface area contributed by atoms with E-state index in [1.807, 2.05) is 31.2 Å². The van der Waals surface area contributed by atoms with Gasteiger partial charge in [-0.15, -0.1) is 0 Å². The highest BCUT2D eigenvalue weighted by molar-refractivity contribution is 6.10. The maximum Gasteiger partial charge on any atom is 0.239 e. The van der Waals surface area contributed by atoms with Crippen LogP contribution in [0.1, 0.15) is 42.4 Å². The molecule has 4 rings (SSSR count). The van der Waals surface area contributed by atoms with Gasteiger partial charge in [0.1, 0.15) is 16.9 Å². The van der Waals surface area contributed by atoms with E-state index in [4.69, 9.17) is 4.74 Å². The van der Waals surface area contributed by atoms with Crippen LogP contribution in [0.2, 0.25) is 0 Å². The summed E-state index contributed by atoms with van der Waals surface area (Å²) in [6.07, 6.45) is 4.36. The largest absolute Gasteiger partial charge is 0.508 e. The van der Waals surface area contributed by atoms with Gasteiger partial charge in [-0.1, -0.05) is 25.0 Å². The van der Waals surface area contributed by atoms with Crippen molar-refractivity contribution in [1.82, 2.24) is 0 Å². The molecule has 1 heterocycles. The molecule has 0 bridgehead atoms. The third-order valence-electron chi connectivity index (χ3n) is 5.86. The van der Waals surface area contributed by atoms with E-state index in [9.17, 15) is 9.90 Å². The molecular formula is C21H23NO3. The van der Waals surface area contributed by atoms with Gasteiger partial charge in [0.15, 0.2) is 0 Å². The molecule has 0 radical (unpaired) electrons. The molecule has 1 saturated carbocycles. The fraction of sp³-hybridized carbons (Fsp3) is 0.381. The third kappa shape index (κ3) is 2.24. The minimum Gasteiger partial charge on any atom is -0.508 e. The molecule has 1 aliphatic carbocycles. The van der Waals surface area contributed by atoms with E-state index in [0.717, 1.165) is 53.8 Å². The second-order valence-electron chi connectivity index (χ2n) is 7.16. The van der Waals surface area contributed by atoms with Crippen molar-refractivity contribution in [3.05, 3.63) is 53.1 Å². The number of anilines is 1. The van der Waals surface area contributed by atoms with E-state index in [1.165, 1.54) is 0 Å². The first-order chi connectivity index (χ1) is 12.1. The van der Waals surface area contributed by atoms with Gasteiger partial charge in [-0.2, -0.15) is 0 Å². The van der Waals surface area contributed by atoms with Gasteiger partial charge in [0.2, 0.25) is 5.91 Å². The summed E-state index contributed by atoms with van der Waals surface area (Å²) in [6, 6.07) is 11.1. The molecule has 0 spiro atoms. The summed E-state index contributed by atoms with van der Waals surface area (Å²) in [7, 11) is 1.66. The van der Waals surface area contributed by atoms with Crippen molar-refractivity contribution in [3.8, 4) is 11.5 Å². The van der Waals surface area contributed by atoms with Crippen LogP contribution in [0.5, 0.6) is 11.5 Å². The fourth-order valence-electron chi connectivity index (χ4n) is 4.69. The molecular weight excluding hydrogens is 314 g/mol. The van der Waals surface area contributed by atoms with Gasteiger partial charge in [-0.05, 0) is 66.6 Å². The number of hydrogen-bond acceptors (Lipinski definition) is 3. The number of amides is 1. The Kier molecular flexibility index (Phi) is 3.71. The number of nitrogens with one attached hydrogen (secondary N) is 1. The Labute approximate surface area is 147 Å². The van der Waals surface area contributed by atoms with Crippen LogP contribution in [-0.2, 0) is 10.2 Å². The molecule has 2 aromatic rings.